The third-order valence-corrected chi connectivity index (χ3v) is 3.61. The van der Waals surface area contributed by atoms with Crippen LogP contribution in [-0.2, 0) is 6.42 Å². The summed E-state index contributed by atoms with van der Waals surface area (Å²) >= 11 is 3.42. The van der Waals surface area contributed by atoms with E-state index < -0.39 is 0 Å². The van der Waals surface area contributed by atoms with E-state index in [9.17, 15) is 0 Å². The Labute approximate surface area is 130 Å². The summed E-state index contributed by atoms with van der Waals surface area (Å²) in [6.45, 7) is 0. The first-order valence-corrected chi connectivity index (χ1v) is 7.25. The Morgan fingerprint density at radius 3 is 2.43 bits per heavy atom. The van der Waals surface area contributed by atoms with Crippen LogP contribution in [0.25, 0.3) is 11.4 Å². The predicted octanol–water partition coefficient (Wildman–Crippen LogP) is 4.10. The molecule has 0 unspecified atom stereocenters. The average Bonchev–Trinajstić information content (AvgIpc) is 2.98. The minimum Gasteiger partial charge on any atom is -0.497 e. The fraction of sp³-hybridized carbons (Fsp3) is 0.125. The van der Waals surface area contributed by atoms with Gasteiger partial charge in [-0.15, -0.1) is 0 Å². The minimum absolute atomic E-state index is 0.588. The van der Waals surface area contributed by atoms with Crippen molar-refractivity contribution >= 4 is 15.9 Å². The third kappa shape index (κ3) is 3.31. The molecule has 2 aromatic carbocycles. The first-order chi connectivity index (χ1) is 10.2. The third-order valence-electron chi connectivity index (χ3n) is 3.08. The molecule has 0 aliphatic heterocycles. The van der Waals surface area contributed by atoms with Gasteiger partial charge in [0.05, 0.1) is 13.5 Å². The van der Waals surface area contributed by atoms with Gasteiger partial charge in [0.15, 0.2) is 0 Å². The van der Waals surface area contributed by atoms with Crippen LogP contribution in [-0.4, -0.2) is 17.3 Å². The zero-order chi connectivity index (χ0) is 14.7. The van der Waals surface area contributed by atoms with Gasteiger partial charge in [-0.1, -0.05) is 33.2 Å². The molecular weight excluding hydrogens is 332 g/mol. The lowest BCUT2D eigenvalue weighted by molar-refractivity contribution is 0.385. The molecule has 0 radical (unpaired) electrons. The maximum atomic E-state index is 5.31. The Bertz CT molecular complexity index is 721. The molecule has 0 atom stereocenters. The molecule has 0 fully saturated rings. The van der Waals surface area contributed by atoms with Gasteiger partial charge in [-0.25, -0.2) is 0 Å². The molecule has 0 N–H and O–H groups in total. The van der Waals surface area contributed by atoms with E-state index in [1.165, 1.54) is 0 Å². The highest BCUT2D eigenvalue weighted by molar-refractivity contribution is 9.10. The SMILES string of the molecule is COc1ccc(-c2noc(Cc3ccc(Br)cc3)n2)cc1. The lowest BCUT2D eigenvalue weighted by atomic mass is 10.1. The molecule has 0 aliphatic rings. The van der Waals surface area contributed by atoms with Gasteiger partial charge in [-0.05, 0) is 42.0 Å². The summed E-state index contributed by atoms with van der Waals surface area (Å²) in [6.07, 6.45) is 0.621. The summed E-state index contributed by atoms with van der Waals surface area (Å²) in [5.41, 5.74) is 2.03. The monoisotopic (exact) mass is 344 g/mol. The van der Waals surface area contributed by atoms with E-state index in [0.29, 0.717) is 18.1 Å². The molecule has 3 aromatic rings. The quantitative estimate of drug-likeness (QED) is 0.714. The molecule has 1 heterocycles. The van der Waals surface area contributed by atoms with Crippen LogP contribution in [0, 0.1) is 0 Å². The number of aromatic nitrogens is 2. The van der Waals surface area contributed by atoms with Crippen molar-refractivity contribution in [2.75, 3.05) is 7.11 Å². The number of hydrogen-bond acceptors (Lipinski definition) is 4. The highest BCUT2D eigenvalue weighted by atomic mass is 79.9. The molecule has 4 nitrogen and oxygen atoms in total. The first kappa shape index (κ1) is 13.8. The largest absolute Gasteiger partial charge is 0.497 e. The number of rotatable bonds is 4. The molecule has 0 saturated carbocycles. The Balaban J connectivity index is 1.77. The van der Waals surface area contributed by atoms with Crippen LogP contribution in [0.3, 0.4) is 0 Å². The van der Waals surface area contributed by atoms with Gasteiger partial charge in [0, 0.05) is 10.0 Å². The molecular formula is C16H13BrN2O2. The Morgan fingerprint density at radius 2 is 1.76 bits per heavy atom. The molecule has 3 rings (SSSR count). The highest BCUT2D eigenvalue weighted by Crippen LogP contribution is 2.20. The molecule has 0 aliphatic carbocycles. The van der Waals surface area contributed by atoms with Crippen molar-refractivity contribution in [2.24, 2.45) is 0 Å². The zero-order valence-corrected chi connectivity index (χ0v) is 13.0. The van der Waals surface area contributed by atoms with Crippen LogP contribution < -0.4 is 4.74 Å². The van der Waals surface area contributed by atoms with E-state index in [1.807, 2.05) is 48.5 Å². The Hall–Kier alpha value is -2.14. The molecule has 0 amide bonds. The second kappa shape index (κ2) is 6.10. The standard InChI is InChI=1S/C16H13BrN2O2/c1-20-14-8-4-12(5-9-14)16-18-15(21-19-16)10-11-2-6-13(17)7-3-11/h2-9H,10H2,1H3. The summed E-state index contributed by atoms with van der Waals surface area (Å²) < 4.78 is 11.5. The van der Waals surface area contributed by atoms with Crippen molar-refractivity contribution in [3.8, 4) is 17.1 Å². The van der Waals surface area contributed by atoms with E-state index in [2.05, 4.69) is 26.1 Å². The van der Waals surface area contributed by atoms with Crippen LogP contribution in [0.5, 0.6) is 5.75 Å². The second-order valence-corrected chi connectivity index (χ2v) is 5.46. The number of ether oxygens (including phenoxy) is 1. The highest BCUT2D eigenvalue weighted by Gasteiger charge is 2.09. The summed E-state index contributed by atoms with van der Waals surface area (Å²) in [4.78, 5) is 4.42. The van der Waals surface area contributed by atoms with Crippen LogP contribution >= 0.6 is 15.9 Å². The Kier molecular flexibility index (Phi) is 4.01. The van der Waals surface area contributed by atoms with Crippen molar-refractivity contribution in [3.05, 3.63) is 64.5 Å². The molecule has 21 heavy (non-hydrogen) atoms. The van der Waals surface area contributed by atoms with Gasteiger partial charge in [-0.3, -0.25) is 0 Å². The van der Waals surface area contributed by atoms with Gasteiger partial charge in [0.25, 0.3) is 0 Å². The first-order valence-electron chi connectivity index (χ1n) is 6.46. The molecule has 5 heteroatoms. The van der Waals surface area contributed by atoms with Crippen LogP contribution in [0.2, 0.25) is 0 Å². The van der Waals surface area contributed by atoms with Crippen molar-refractivity contribution in [1.29, 1.82) is 0 Å². The van der Waals surface area contributed by atoms with E-state index >= 15 is 0 Å². The van der Waals surface area contributed by atoms with E-state index in [4.69, 9.17) is 9.26 Å². The molecule has 1 aromatic heterocycles. The van der Waals surface area contributed by atoms with Crippen LogP contribution in [0.15, 0.2) is 57.5 Å². The Morgan fingerprint density at radius 1 is 1.05 bits per heavy atom. The van der Waals surface area contributed by atoms with Gasteiger partial charge in [-0.2, -0.15) is 4.98 Å². The molecule has 0 bridgehead atoms. The maximum absolute atomic E-state index is 5.31. The molecule has 0 spiro atoms. The summed E-state index contributed by atoms with van der Waals surface area (Å²) in [6, 6.07) is 15.6. The lowest BCUT2D eigenvalue weighted by Crippen LogP contribution is -1.88. The number of methoxy groups -OCH3 is 1. The smallest absolute Gasteiger partial charge is 0.231 e. The van der Waals surface area contributed by atoms with Crippen molar-refractivity contribution < 1.29 is 9.26 Å². The number of benzene rings is 2. The van der Waals surface area contributed by atoms with Gasteiger partial charge >= 0.3 is 0 Å². The van der Waals surface area contributed by atoms with Gasteiger partial charge in [0.2, 0.25) is 11.7 Å². The van der Waals surface area contributed by atoms with Crippen molar-refractivity contribution in [3.63, 3.8) is 0 Å². The van der Waals surface area contributed by atoms with Crippen LogP contribution in [0.4, 0.5) is 0 Å². The number of halogens is 1. The minimum atomic E-state index is 0.588. The topological polar surface area (TPSA) is 48.2 Å². The summed E-state index contributed by atoms with van der Waals surface area (Å²) in [5.74, 6) is 1.99. The maximum Gasteiger partial charge on any atom is 0.231 e. The van der Waals surface area contributed by atoms with E-state index in [-0.39, 0.29) is 0 Å². The van der Waals surface area contributed by atoms with Crippen molar-refractivity contribution in [2.45, 2.75) is 6.42 Å². The fourth-order valence-corrected chi connectivity index (χ4v) is 2.23. The molecule has 106 valence electrons. The summed E-state index contributed by atoms with van der Waals surface area (Å²) in [5, 5.41) is 4.02. The summed E-state index contributed by atoms with van der Waals surface area (Å²) in [7, 11) is 1.64. The van der Waals surface area contributed by atoms with E-state index in [1.54, 1.807) is 7.11 Å². The van der Waals surface area contributed by atoms with Gasteiger partial charge < -0.3 is 9.26 Å². The van der Waals surface area contributed by atoms with Gasteiger partial charge in [0.1, 0.15) is 5.75 Å². The zero-order valence-electron chi connectivity index (χ0n) is 11.4. The second-order valence-electron chi connectivity index (χ2n) is 4.54. The predicted molar refractivity (Wildman–Crippen MR) is 83.2 cm³/mol. The normalized spacial score (nSPS) is 10.6. The van der Waals surface area contributed by atoms with E-state index in [0.717, 1.165) is 21.3 Å². The number of hydrogen-bond donors (Lipinski definition) is 0. The lowest BCUT2D eigenvalue weighted by Gasteiger charge is -1.99. The number of nitrogens with zero attached hydrogens (tertiary/aromatic N) is 2. The van der Waals surface area contributed by atoms with Crippen LogP contribution in [0.1, 0.15) is 11.5 Å². The fourth-order valence-electron chi connectivity index (χ4n) is 1.96. The molecule has 0 saturated heterocycles. The van der Waals surface area contributed by atoms with Crippen molar-refractivity contribution in [1.82, 2.24) is 10.1 Å². The average molecular weight is 345 g/mol.